The molecule has 0 spiro atoms. The topological polar surface area (TPSA) is 54.8 Å². The van der Waals surface area contributed by atoms with Gasteiger partial charge in [0.25, 0.3) is 0 Å². The summed E-state index contributed by atoms with van der Waals surface area (Å²) < 4.78 is 9.45. The third kappa shape index (κ3) is 5.39. The maximum atomic E-state index is 10.8. The van der Waals surface area contributed by atoms with Crippen LogP contribution in [0.4, 0.5) is 0 Å². The quantitative estimate of drug-likeness (QED) is 0.186. The van der Waals surface area contributed by atoms with Gasteiger partial charge in [0.1, 0.15) is 17.3 Å². The van der Waals surface area contributed by atoms with Crippen LogP contribution in [0.15, 0.2) is 83.4 Å². The molecule has 7 rings (SSSR count). The second-order valence-electron chi connectivity index (χ2n) is 18.1. The first-order chi connectivity index (χ1) is 23.3. The normalized spacial score (nSPS) is 13.2. The standard InChI is InChI=1S/C46H49N3O/c1-43(2,3)28-14-18-31-32-19-15-29(44(4,5)6)24-38(32)49(37(31)23-28)40-27(25-47)13-17-34-39-35(46(10,11)12)21-20-33(41(39)50-42(34)40)36-22-16-30(26-48-36)45(7,8)9/h13-24,26H,1-12H3. The predicted octanol–water partition coefficient (Wildman–Crippen LogP) is 12.8. The maximum Gasteiger partial charge on any atom is 0.160 e. The summed E-state index contributed by atoms with van der Waals surface area (Å²) >= 11 is 0. The minimum Gasteiger partial charge on any atom is -0.453 e. The lowest BCUT2D eigenvalue weighted by atomic mass is 9.83. The molecule has 0 radical (unpaired) electrons. The van der Waals surface area contributed by atoms with Crippen LogP contribution in [0, 0.1) is 11.3 Å². The summed E-state index contributed by atoms with van der Waals surface area (Å²) in [6.07, 6.45) is 1.98. The first-order valence-corrected chi connectivity index (χ1v) is 17.8. The van der Waals surface area contributed by atoms with Crippen LogP contribution < -0.4 is 0 Å². The van der Waals surface area contributed by atoms with Gasteiger partial charge in [-0.1, -0.05) is 119 Å². The summed E-state index contributed by atoms with van der Waals surface area (Å²) in [6.45, 7) is 26.8. The summed E-state index contributed by atoms with van der Waals surface area (Å²) in [4.78, 5) is 4.96. The third-order valence-corrected chi connectivity index (χ3v) is 10.3. The van der Waals surface area contributed by atoms with E-state index in [1.165, 1.54) is 22.3 Å². The van der Waals surface area contributed by atoms with Crippen LogP contribution >= 0.6 is 0 Å². The van der Waals surface area contributed by atoms with Gasteiger partial charge in [0.15, 0.2) is 5.58 Å². The van der Waals surface area contributed by atoms with Crippen LogP contribution in [0.25, 0.3) is 60.7 Å². The number of hydrogen-bond acceptors (Lipinski definition) is 3. The van der Waals surface area contributed by atoms with Crippen LogP contribution in [-0.4, -0.2) is 9.55 Å². The molecule has 3 aromatic heterocycles. The van der Waals surface area contributed by atoms with Crippen molar-refractivity contribution in [2.24, 2.45) is 0 Å². The van der Waals surface area contributed by atoms with E-state index in [9.17, 15) is 5.26 Å². The lowest BCUT2D eigenvalue weighted by Gasteiger charge is -2.21. The van der Waals surface area contributed by atoms with Gasteiger partial charge >= 0.3 is 0 Å². The highest BCUT2D eigenvalue weighted by Gasteiger charge is 2.28. The summed E-state index contributed by atoms with van der Waals surface area (Å²) in [7, 11) is 0. The summed E-state index contributed by atoms with van der Waals surface area (Å²) in [5.74, 6) is 0. The van der Waals surface area contributed by atoms with Gasteiger partial charge in [-0.2, -0.15) is 5.26 Å². The molecule has 50 heavy (non-hydrogen) atoms. The van der Waals surface area contributed by atoms with Crippen LogP contribution in [0.1, 0.15) is 111 Å². The molecule has 4 heteroatoms. The van der Waals surface area contributed by atoms with Crippen LogP contribution in [0.5, 0.6) is 0 Å². The Bertz CT molecular complexity index is 2430. The van der Waals surface area contributed by atoms with E-state index in [0.717, 1.165) is 55.1 Å². The average molecular weight is 660 g/mol. The average Bonchev–Trinajstić information content (AvgIpc) is 3.57. The lowest BCUT2D eigenvalue weighted by Crippen LogP contribution is -2.12. The molecule has 254 valence electrons. The van der Waals surface area contributed by atoms with Gasteiger partial charge in [0, 0.05) is 33.3 Å². The first-order valence-electron chi connectivity index (χ1n) is 17.8. The number of hydrogen-bond donors (Lipinski definition) is 0. The number of benzene rings is 4. The van der Waals surface area contributed by atoms with Gasteiger partial charge in [0.05, 0.1) is 22.3 Å². The first kappa shape index (κ1) is 33.6. The van der Waals surface area contributed by atoms with Gasteiger partial charge in [-0.3, -0.25) is 4.98 Å². The minimum absolute atomic E-state index is 0.000917. The van der Waals surface area contributed by atoms with E-state index in [4.69, 9.17) is 9.40 Å². The van der Waals surface area contributed by atoms with Crippen LogP contribution in [0.2, 0.25) is 0 Å². The molecule has 0 amide bonds. The fourth-order valence-corrected chi connectivity index (χ4v) is 7.26. The molecule has 0 unspecified atom stereocenters. The molecule has 0 saturated carbocycles. The van der Waals surface area contributed by atoms with E-state index in [1.54, 1.807) is 0 Å². The Balaban J connectivity index is 1.66. The molecular formula is C46H49N3O. The molecule has 0 aliphatic rings. The molecule has 0 saturated heterocycles. The molecule has 3 heterocycles. The van der Waals surface area contributed by atoms with Crippen molar-refractivity contribution in [3.63, 3.8) is 0 Å². The van der Waals surface area contributed by atoms with E-state index >= 15 is 0 Å². The lowest BCUT2D eigenvalue weighted by molar-refractivity contribution is 0.587. The highest BCUT2D eigenvalue weighted by atomic mass is 16.3. The number of rotatable bonds is 2. The van der Waals surface area contributed by atoms with Crippen molar-refractivity contribution in [2.45, 2.75) is 105 Å². The van der Waals surface area contributed by atoms with Gasteiger partial charge in [-0.05, 0) is 80.3 Å². The molecule has 4 nitrogen and oxygen atoms in total. The molecule has 0 atom stereocenters. The highest BCUT2D eigenvalue weighted by molar-refractivity contribution is 6.16. The molecule has 0 aliphatic carbocycles. The fraction of sp³-hybridized carbons (Fsp3) is 0.348. The Morgan fingerprint density at radius 3 is 1.60 bits per heavy atom. The SMILES string of the molecule is CC(C)(C)c1ccc(-c2ccc(C(C)(C)C)c3c2oc2c(-n4c5cc(C(C)(C)C)ccc5c5ccc(C(C)(C)C)cc54)c(C#N)ccc23)nc1. The predicted molar refractivity (Wildman–Crippen MR) is 211 cm³/mol. The van der Waals surface area contributed by atoms with Gasteiger partial charge in [0.2, 0.25) is 0 Å². The Morgan fingerprint density at radius 1 is 0.580 bits per heavy atom. The molecule has 0 fully saturated rings. The number of fused-ring (bicyclic) bond motifs is 6. The van der Waals surface area contributed by atoms with Crippen molar-refractivity contribution in [3.8, 4) is 23.0 Å². The van der Waals surface area contributed by atoms with E-state index in [0.29, 0.717) is 11.1 Å². The van der Waals surface area contributed by atoms with Gasteiger partial charge in [-0.15, -0.1) is 0 Å². The summed E-state index contributed by atoms with van der Waals surface area (Å²) in [5.41, 5.74) is 11.4. The number of furan rings is 1. The van der Waals surface area contributed by atoms with Crippen molar-refractivity contribution < 1.29 is 4.42 Å². The zero-order chi connectivity index (χ0) is 36.1. The Kier molecular flexibility index (Phi) is 7.43. The van der Waals surface area contributed by atoms with E-state index in [2.05, 4.69) is 160 Å². The van der Waals surface area contributed by atoms with Crippen molar-refractivity contribution in [1.29, 1.82) is 5.26 Å². The van der Waals surface area contributed by atoms with E-state index in [1.807, 2.05) is 12.3 Å². The van der Waals surface area contributed by atoms with Gasteiger partial charge in [-0.25, -0.2) is 0 Å². The van der Waals surface area contributed by atoms with Crippen LogP contribution in [0.3, 0.4) is 0 Å². The number of nitrogens with zero attached hydrogens (tertiary/aromatic N) is 3. The summed E-state index contributed by atoms with van der Waals surface area (Å²) in [6, 6.07) is 28.9. The zero-order valence-corrected chi connectivity index (χ0v) is 31.8. The fourth-order valence-electron chi connectivity index (χ4n) is 7.26. The monoisotopic (exact) mass is 659 g/mol. The van der Waals surface area contributed by atoms with Crippen LogP contribution in [-0.2, 0) is 21.7 Å². The molecular weight excluding hydrogens is 611 g/mol. The molecule has 0 N–H and O–H groups in total. The number of pyridine rings is 1. The molecule has 0 aliphatic heterocycles. The summed E-state index contributed by atoms with van der Waals surface area (Å²) in [5, 5.41) is 15.1. The molecule has 7 aromatic rings. The smallest absolute Gasteiger partial charge is 0.160 e. The third-order valence-electron chi connectivity index (χ3n) is 10.3. The second-order valence-corrected chi connectivity index (χ2v) is 18.1. The van der Waals surface area contributed by atoms with Crippen molar-refractivity contribution in [1.82, 2.24) is 9.55 Å². The molecule has 0 bridgehead atoms. The number of nitriles is 1. The number of aromatic nitrogens is 2. The van der Waals surface area contributed by atoms with Crippen molar-refractivity contribution in [2.75, 3.05) is 0 Å². The highest BCUT2D eigenvalue weighted by Crippen LogP contribution is 2.46. The Hall–Kier alpha value is -4.88. The molecule has 4 aromatic carbocycles. The second kappa shape index (κ2) is 11.1. The zero-order valence-electron chi connectivity index (χ0n) is 31.8. The minimum atomic E-state index is -0.152. The Morgan fingerprint density at radius 2 is 1.12 bits per heavy atom. The maximum absolute atomic E-state index is 10.8. The van der Waals surface area contributed by atoms with Crippen molar-refractivity contribution in [3.05, 3.63) is 107 Å². The van der Waals surface area contributed by atoms with E-state index < -0.39 is 0 Å². The van der Waals surface area contributed by atoms with Crippen molar-refractivity contribution >= 4 is 43.7 Å². The van der Waals surface area contributed by atoms with E-state index in [-0.39, 0.29) is 21.7 Å². The Labute approximate surface area is 296 Å². The van der Waals surface area contributed by atoms with Gasteiger partial charge < -0.3 is 8.98 Å². The largest absolute Gasteiger partial charge is 0.453 e.